The lowest BCUT2D eigenvalue weighted by Gasteiger charge is -2.16. The zero-order chi connectivity index (χ0) is 14.4. The summed E-state index contributed by atoms with van der Waals surface area (Å²) in [4.78, 5) is 8.55. The molecule has 6 heteroatoms. The first-order valence-electron chi connectivity index (χ1n) is 6.40. The molecular formula is C14H17BrN4O. The van der Waals surface area contributed by atoms with Crippen LogP contribution in [0.4, 0.5) is 0 Å². The largest absolute Gasteiger partial charge is 0.492 e. The predicted molar refractivity (Wildman–Crippen MR) is 81.1 cm³/mol. The van der Waals surface area contributed by atoms with Gasteiger partial charge in [0, 0.05) is 16.9 Å². The van der Waals surface area contributed by atoms with E-state index in [0.717, 1.165) is 27.9 Å². The minimum atomic E-state index is -0.222. The van der Waals surface area contributed by atoms with Crippen LogP contribution >= 0.6 is 15.9 Å². The first-order chi connectivity index (χ1) is 9.74. The number of hydrazine groups is 1. The van der Waals surface area contributed by atoms with Crippen LogP contribution in [0, 0.1) is 0 Å². The van der Waals surface area contributed by atoms with Crippen molar-refractivity contribution in [3.63, 3.8) is 0 Å². The lowest BCUT2D eigenvalue weighted by atomic mass is 10.1. The monoisotopic (exact) mass is 336 g/mol. The lowest BCUT2D eigenvalue weighted by molar-refractivity contribution is 0.315. The number of hydrogen-bond acceptors (Lipinski definition) is 5. The molecule has 1 unspecified atom stereocenters. The minimum Gasteiger partial charge on any atom is -0.492 e. The number of nitrogens with two attached hydrogens (primary N) is 1. The van der Waals surface area contributed by atoms with E-state index in [1.54, 1.807) is 18.6 Å². The summed E-state index contributed by atoms with van der Waals surface area (Å²) in [6.45, 7) is 2.73. The van der Waals surface area contributed by atoms with Gasteiger partial charge in [-0.15, -0.1) is 0 Å². The summed E-state index contributed by atoms with van der Waals surface area (Å²) < 4.78 is 6.51. The van der Waals surface area contributed by atoms with Crippen LogP contribution in [0.1, 0.15) is 30.6 Å². The number of hydrogen-bond donors (Lipinski definition) is 2. The van der Waals surface area contributed by atoms with Crippen LogP contribution in [0.25, 0.3) is 0 Å². The maximum atomic E-state index is 5.65. The molecule has 0 aliphatic rings. The Morgan fingerprint density at radius 2 is 2.20 bits per heavy atom. The van der Waals surface area contributed by atoms with Crippen molar-refractivity contribution in [3.8, 4) is 5.75 Å². The maximum Gasteiger partial charge on any atom is 0.137 e. The number of nitrogens with zero attached hydrogens (tertiary/aromatic N) is 2. The van der Waals surface area contributed by atoms with Crippen molar-refractivity contribution < 1.29 is 4.74 Å². The molecule has 0 radical (unpaired) electrons. The highest BCUT2D eigenvalue weighted by Crippen LogP contribution is 2.23. The van der Waals surface area contributed by atoms with Gasteiger partial charge in [0.1, 0.15) is 5.75 Å². The molecule has 0 spiro atoms. The normalized spacial score (nSPS) is 12.2. The Balaban J connectivity index is 2.24. The molecule has 0 aromatic carbocycles. The van der Waals surface area contributed by atoms with Gasteiger partial charge in [-0.25, -0.2) is 5.43 Å². The summed E-state index contributed by atoms with van der Waals surface area (Å²) in [7, 11) is 0. The second-order valence-corrected chi connectivity index (χ2v) is 5.22. The van der Waals surface area contributed by atoms with E-state index in [2.05, 4.69) is 38.2 Å². The van der Waals surface area contributed by atoms with Gasteiger partial charge in [-0.2, -0.15) is 0 Å². The third-order valence-corrected chi connectivity index (χ3v) is 3.22. The molecule has 0 saturated carbocycles. The number of nitrogens with one attached hydrogen (secondary N) is 1. The Bertz CT molecular complexity index is 547. The van der Waals surface area contributed by atoms with Gasteiger partial charge in [0.25, 0.3) is 0 Å². The molecule has 0 saturated heterocycles. The van der Waals surface area contributed by atoms with Crippen molar-refractivity contribution in [1.29, 1.82) is 0 Å². The molecule has 0 fully saturated rings. The van der Waals surface area contributed by atoms with E-state index in [0.29, 0.717) is 6.61 Å². The first-order valence-corrected chi connectivity index (χ1v) is 7.19. The highest BCUT2D eigenvalue weighted by atomic mass is 79.9. The molecule has 2 aromatic heterocycles. The second kappa shape index (κ2) is 7.33. The zero-order valence-corrected chi connectivity index (χ0v) is 12.8. The van der Waals surface area contributed by atoms with Gasteiger partial charge in [-0.05, 0) is 46.1 Å². The highest BCUT2D eigenvalue weighted by Gasteiger charge is 2.15. The summed E-state index contributed by atoms with van der Waals surface area (Å²) in [6.07, 6.45) is 6.15. The van der Waals surface area contributed by atoms with Crippen molar-refractivity contribution in [3.05, 3.63) is 52.5 Å². The van der Waals surface area contributed by atoms with E-state index >= 15 is 0 Å². The number of pyridine rings is 2. The summed E-state index contributed by atoms with van der Waals surface area (Å²) in [5.74, 6) is 6.39. The predicted octanol–water partition coefficient (Wildman–Crippen LogP) is 2.58. The third-order valence-electron chi connectivity index (χ3n) is 2.75. The average molecular weight is 337 g/mol. The summed E-state index contributed by atoms with van der Waals surface area (Å²) in [5, 5.41) is 0. The van der Waals surface area contributed by atoms with E-state index in [4.69, 9.17) is 10.6 Å². The number of halogens is 1. The number of ether oxygens (including phenoxy) is 1. The fourth-order valence-electron chi connectivity index (χ4n) is 1.80. The SMILES string of the molecule is CCCOc1cncc(C(NN)c2ccc(Br)cn2)c1. The van der Waals surface area contributed by atoms with Gasteiger partial charge in [0.05, 0.1) is 24.5 Å². The Labute approximate surface area is 126 Å². The van der Waals surface area contributed by atoms with Crippen LogP contribution in [-0.2, 0) is 0 Å². The Hall–Kier alpha value is -1.50. The van der Waals surface area contributed by atoms with Crippen LogP contribution < -0.4 is 16.0 Å². The standard InChI is InChI=1S/C14H17BrN4O/c1-2-5-20-12-6-10(7-17-9-12)14(19-16)13-4-3-11(15)8-18-13/h3-4,6-9,14,19H,2,5,16H2,1H3. The fourth-order valence-corrected chi connectivity index (χ4v) is 2.04. The van der Waals surface area contributed by atoms with Crippen LogP contribution in [0.5, 0.6) is 5.75 Å². The number of aromatic nitrogens is 2. The van der Waals surface area contributed by atoms with E-state index < -0.39 is 0 Å². The van der Waals surface area contributed by atoms with Crippen LogP contribution in [0.2, 0.25) is 0 Å². The van der Waals surface area contributed by atoms with Gasteiger partial charge in [0.2, 0.25) is 0 Å². The second-order valence-electron chi connectivity index (χ2n) is 4.30. The van der Waals surface area contributed by atoms with E-state index in [1.165, 1.54) is 0 Å². The number of rotatable bonds is 6. The van der Waals surface area contributed by atoms with Crippen molar-refractivity contribution in [1.82, 2.24) is 15.4 Å². The molecule has 2 heterocycles. The molecule has 0 amide bonds. The first kappa shape index (κ1) is 14.9. The van der Waals surface area contributed by atoms with Crippen LogP contribution in [0.3, 0.4) is 0 Å². The van der Waals surface area contributed by atoms with Crippen molar-refractivity contribution in [2.24, 2.45) is 5.84 Å². The highest BCUT2D eigenvalue weighted by molar-refractivity contribution is 9.10. The van der Waals surface area contributed by atoms with Gasteiger partial charge in [-0.1, -0.05) is 6.92 Å². The summed E-state index contributed by atoms with van der Waals surface area (Å²) in [5.41, 5.74) is 4.50. The molecule has 0 aliphatic heterocycles. The van der Waals surface area contributed by atoms with Gasteiger partial charge in [0.15, 0.2) is 0 Å². The fraction of sp³-hybridized carbons (Fsp3) is 0.286. The summed E-state index contributed by atoms with van der Waals surface area (Å²) >= 11 is 3.37. The molecule has 0 aliphatic carbocycles. The topological polar surface area (TPSA) is 73.1 Å². The third kappa shape index (κ3) is 3.75. The minimum absolute atomic E-state index is 0.222. The smallest absolute Gasteiger partial charge is 0.137 e. The van der Waals surface area contributed by atoms with Crippen molar-refractivity contribution >= 4 is 15.9 Å². The van der Waals surface area contributed by atoms with Gasteiger partial charge in [-0.3, -0.25) is 15.8 Å². The zero-order valence-electron chi connectivity index (χ0n) is 11.2. The maximum absolute atomic E-state index is 5.65. The molecule has 20 heavy (non-hydrogen) atoms. The van der Waals surface area contributed by atoms with Gasteiger partial charge >= 0.3 is 0 Å². The molecular weight excluding hydrogens is 320 g/mol. The quantitative estimate of drug-likeness (QED) is 0.626. The molecule has 106 valence electrons. The van der Waals surface area contributed by atoms with Crippen molar-refractivity contribution in [2.75, 3.05) is 6.61 Å². The van der Waals surface area contributed by atoms with Crippen molar-refractivity contribution in [2.45, 2.75) is 19.4 Å². The molecule has 2 rings (SSSR count). The van der Waals surface area contributed by atoms with E-state index in [9.17, 15) is 0 Å². The van der Waals surface area contributed by atoms with E-state index in [1.807, 2.05) is 18.2 Å². The average Bonchev–Trinajstić information content (AvgIpc) is 2.48. The Kier molecular flexibility index (Phi) is 5.46. The van der Waals surface area contributed by atoms with Crippen LogP contribution in [0.15, 0.2) is 41.3 Å². The van der Waals surface area contributed by atoms with Gasteiger partial charge < -0.3 is 4.74 Å². The van der Waals surface area contributed by atoms with E-state index in [-0.39, 0.29) is 6.04 Å². The summed E-state index contributed by atoms with van der Waals surface area (Å²) in [6, 6.07) is 5.54. The Morgan fingerprint density at radius 1 is 1.35 bits per heavy atom. The molecule has 2 aromatic rings. The Morgan fingerprint density at radius 3 is 2.85 bits per heavy atom. The molecule has 3 N–H and O–H groups in total. The molecule has 0 bridgehead atoms. The lowest BCUT2D eigenvalue weighted by Crippen LogP contribution is -2.29. The van der Waals surface area contributed by atoms with Crippen LogP contribution in [-0.4, -0.2) is 16.6 Å². The molecule has 1 atom stereocenters. The molecule has 5 nitrogen and oxygen atoms in total.